The zero-order chi connectivity index (χ0) is 13.8. The van der Waals surface area contributed by atoms with Crippen LogP contribution < -0.4 is 10.5 Å². The van der Waals surface area contributed by atoms with Crippen molar-refractivity contribution in [1.29, 1.82) is 0 Å². The summed E-state index contributed by atoms with van der Waals surface area (Å²) in [4.78, 5) is 2.53. The first kappa shape index (κ1) is 14.4. The lowest BCUT2D eigenvalue weighted by molar-refractivity contribution is 0.144. The second kappa shape index (κ2) is 6.40. The lowest BCUT2D eigenvalue weighted by atomic mass is 9.95. The molecule has 3 heteroatoms. The Morgan fingerprint density at radius 3 is 2.79 bits per heavy atom. The maximum Gasteiger partial charge on any atom is 0.119 e. The van der Waals surface area contributed by atoms with Gasteiger partial charge in [-0.05, 0) is 50.9 Å². The van der Waals surface area contributed by atoms with Crippen LogP contribution in [0.1, 0.15) is 44.7 Å². The van der Waals surface area contributed by atoms with Gasteiger partial charge < -0.3 is 10.5 Å². The lowest BCUT2D eigenvalue weighted by Crippen LogP contribution is -2.43. The van der Waals surface area contributed by atoms with Crippen LogP contribution in [0.3, 0.4) is 0 Å². The molecule has 19 heavy (non-hydrogen) atoms. The molecule has 0 radical (unpaired) electrons. The molecule has 2 N–H and O–H groups in total. The van der Waals surface area contributed by atoms with Crippen molar-refractivity contribution in [3.63, 3.8) is 0 Å². The highest BCUT2D eigenvalue weighted by Crippen LogP contribution is 2.32. The van der Waals surface area contributed by atoms with Gasteiger partial charge >= 0.3 is 0 Å². The van der Waals surface area contributed by atoms with Crippen LogP contribution in [0.15, 0.2) is 24.3 Å². The van der Waals surface area contributed by atoms with Crippen LogP contribution in [-0.4, -0.2) is 30.6 Å². The number of likely N-dealkylation sites (tertiary alicyclic amines) is 1. The molecule has 1 aliphatic heterocycles. The summed E-state index contributed by atoms with van der Waals surface area (Å²) >= 11 is 0. The molecule has 1 aromatic carbocycles. The van der Waals surface area contributed by atoms with Crippen molar-refractivity contribution >= 4 is 0 Å². The van der Waals surface area contributed by atoms with E-state index in [-0.39, 0.29) is 6.04 Å². The Morgan fingerprint density at radius 2 is 2.11 bits per heavy atom. The monoisotopic (exact) mass is 262 g/mol. The number of ether oxygens (including phenoxy) is 1. The molecule has 0 aliphatic carbocycles. The van der Waals surface area contributed by atoms with Gasteiger partial charge in [0, 0.05) is 12.1 Å². The van der Waals surface area contributed by atoms with E-state index in [0.29, 0.717) is 12.1 Å². The van der Waals surface area contributed by atoms with E-state index in [2.05, 4.69) is 36.9 Å². The van der Waals surface area contributed by atoms with Crippen molar-refractivity contribution in [2.75, 3.05) is 13.7 Å². The minimum Gasteiger partial charge on any atom is -0.497 e. The van der Waals surface area contributed by atoms with Crippen molar-refractivity contribution < 1.29 is 4.74 Å². The summed E-state index contributed by atoms with van der Waals surface area (Å²) in [6, 6.07) is 9.38. The number of methoxy groups -OCH3 is 1. The molecule has 0 amide bonds. The molecule has 106 valence electrons. The van der Waals surface area contributed by atoms with Gasteiger partial charge in [0.25, 0.3) is 0 Å². The molecule has 2 unspecified atom stereocenters. The number of hydrogen-bond acceptors (Lipinski definition) is 3. The van der Waals surface area contributed by atoms with E-state index < -0.39 is 0 Å². The Labute approximate surface area is 116 Å². The SMILES string of the molecule is COc1cccc(C2C(N)CCCCN2C(C)C)c1. The van der Waals surface area contributed by atoms with E-state index in [0.717, 1.165) is 18.7 Å². The molecule has 2 rings (SSSR count). The molecule has 1 saturated heterocycles. The quantitative estimate of drug-likeness (QED) is 0.910. The molecular weight excluding hydrogens is 236 g/mol. The van der Waals surface area contributed by atoms with E-state index >= 15 is 0 Å². The van der Waals surface area contributed by atoms with E-state index in [1.165, 1.54) is 18.4 Å². The van der Waals surface area contributed by atoms with Crippen LogP contribution in [-0.2, 0) is 0 Å². The Morgan fingerprint density at radius 1 is 1.32 bits per heavy atom. The second-order valence-electron chi connectivity index (χ2n) is 5.71. The Hall–Kier alpha value is -1.06. The zero-order valence-corrected chi connectivity index (χ0v) is 12.3. The van der Waals surface area contributed by atoms with Gasteiger partial charge in [-0.15, -0.1) is 0 Å². The highest BCUT2D eigenvalue weighted by molar-refractivity contribution is 5.31. The number of benzene rings is 1. The number of rotatable bonds is 3. The molecule has 0 bridgehead atoms. The molecule has 1 fully saturated rings. The highest BCUT2D eigenvalue weighted by atomic mass is 16.5. The number of nitrogens with zero attached hydrogens (tertiary/aromatic N) is 1. The third-order valence-electron chi connectivity index (χ3n) is 4.07. The van der Waals surface area contributed by atoms with Crippen molar-refractivity contribution in [3.8, 4) is 5.75 Å². The third kappa shape index (κ3) is 3.28. The van der Waals surface area contributed by atoms with Crippen molar-refractivity contribution in [2.45, 2.75) is 51.2 Å². The predicted octanol–water partition coefficient (Wildman–Crippen LogP) is 2.96. The van der Waals surface area contributed by atoms with E-state index in [1.807, 2.05) is 6.07 Å². The fourth-order valence-corrected chi connectivity index (χ4v) is 3.06. The Balaban J connectivity index is 2.34. The molecule has 3 nitrogen and oxygen atoms in total. The van der Waals surface area contributed by atoms with Gasteiger partial charge in [-0.1, -0.05) is 18.6 Å². The van der Waals surface area contributed by atoms with Crippen LogP contribution in [0, 0.1) is 0 Å². The second-order valence-corrected chi connectivity index (χ2v) is 5.71. The normalized spacial score (nSPS) is 25.3. The van der Waals surface area contributed by atoms with Gasteiger partial charge in [0.2, 0.25) is 0 Å². The molecule has 1 aliphatic rings. The predicted molar refractivity (Wildman–Crippen MR) is 79.4 cm³/mol. The summed E-state index contributed by atoms with van der Waals surface area (Å²) in [6.07, 6.45) is 3.57. The minimum atomic E-state index is 0.206. The summed E-state index contributed by atoms with van der Waals surface area (Å²) < 4.78 is 5.35. The fourth-order valence-electron chi connectivity index (χ4n) is 3.06. The molecule has 1 heterocycles. The topological polar surface area (TPSA) is 38.5 Å². The van der Waals surface area contributed by atoms with Crippen molar-refractivity contribution in [3.05, 3.63) is 29.8 Å². The number of hydrogen-bond donors (Lipinski definition) is 1. The van der Waals surface area contributed by atoms with Gasteiger partial charge in [0.05, 0.1) is 13.2 Å². The van der Waals surface area contributed by atoms with Crippen molar-refractivity contribution in [2.24, 2.45) is 5.73 Å². The minimum absolute atomic E-state index is 0.206. The van der Waals surface area contributed by atoms with Gasteiger partial charge in [-0.2, -0.15) is 0 Å². The molecule has 2 atom stereocenters. The average molecular weight is 262 g/mol. The van der Waals surface area contributed by atoms with Gasteiger partial charge in [-0.25, -0.2) is 0 Å². The van der Waals surface area contributed by atoms with Crippen LogP contribution in [0.25, 0.3) is 0 Å². The summed E-state index contributed by atoms with van der Waals surface area (Å²) in [5, 5.41) is 0. The summed E-state index contributed by atoms with van der Waals surface area (Å²) in [7, 11) is 1.71. The first-order valence-corrected chi connectivity index (χ1v) is 7.28. The maximum atomic E-state index is 6.45. The largest absolute Gasteiger partial charge is 0.497 e. The lowest BCUT2D eigenvalue weighted by Gasteiger charge is -2.36. The molecule has 0 aromatic heterocycles. The molecular formula is C16H26N2O. The zero-order valence-electron chi connectivity index (χ0n) is 12.3. The number of nitrogens with two attached hydrogens (primary N) is 1. The van der Waals surface area contributed by atoms with Crippen LogP contribution >= 0.6 is 0 Å². The third-order valence-corrected chi connectivity index (χ3v) is 4.07. The van der Waals surface area contributed by atoms with E-state index in [4.69, 9.17) is 10.5 Å². The van der Waals surface area contributed by atoms with E-state index in [9.17, 15) is 0 Å². The standard InChI is InChI=1S/C16H26N2O/c1-12(2)18-10-5-4-9-15(17)16(18)13-7-6-8-14(11-13)19-3/h6-8,11-12,15-16H,4-5,9-10,17H2,1-3H3. The summed E-state index contributed by atoms with van der Waals surface area (Å²) in [5.41, 5.74) is 7.73. The van der Waals surface area contributed by atoms with E-state index in [1.54, 1.807) is 7.11 Å². The van der Waals surface area contributed by atoms with Crippen LogP contribution in [0.5, 0.6) is 5.75 Å². The maximum absolute atomic E-state index is 6.45. The fraction of sp³-hybridized carbons (Fsp3) is 0.625. The van der Waals surface area contributed by atoms with Gasteiger partial charge in [0.1, 0.15) is 5.75 Å². The first-order chi connectivity index (χ1) is 9.13. The average Bonchev–Trinajstić information content (AvgIpc) is 2.60. The molecule has 1 aromatic rings. The molecule has 0 saturated carbocycles. The summed E-state index contributed by atoms with van der Waals surface area (Å²) in [5.74, 6) is 0.914. The Kier molecular flexibility index (Phi) is 4.83. The summed E-state index contributed by atoms with van der Waals surface area (Å²) in [6.45, 7) is 5.64. The Bertz CT molecular complexity index is 405. The highest BCUT2D eigenvalue weighted by Gasteiger charge is 2.30. The van der Waals surface area contributed by atoms with Gasteiger partial charge in [-0.3, -0.25) is 4.90 Å². The molecule has 0 spiro atoms. The van der Waals surface area contributed by atoms with Crippen LogP contribution in [0.2, 0.25) is 0 Å². The smallest absolute Gasteiger partial charge is 0.119 e. The van der Waals surface area contributed by atoms with Crippen molar-refractivity contribution in [1.82, 2.24) is 4.90 Å². The van der Waals surface area contributed by atoms with Gasteiger partial charge in [0.15, 0.2) is 0 Å². The first-order valence-electron chi connectivity index (χ1n) is 7.28. The van der Waals surface area contributed by atoms with Crippen LogP contribution in [0.4, 0.5) is 0 Å².